The third-order valence-electron chi connectivity index (χ3n) is 5.04. The number of methoxy groups -OCH3 is 1. The van der Waals surface area contributed by atoms with Gasteiger partial charge in [0, 0.05) is 31.4 Å². The van der Waals surface area contributed by atoms with E-state index in [9.17, 15) is 14.4 Å². The van der Waals surface area contributed by atoms with Crippen LogP contribution in [0, 0.1) is 0 Å². The van der Waals surface area contributed by atoms with Gasteiger partial charge in [0.25, 0.3) is 11.8 Å². The molecule has 144 valence electrons. The first kappa shape index (κ1) is 18.2. The number of ether oxygens (including phenoxy) is 1. The Hall–Kier alpha value is -3.19. The van der Waals surface area contributed by atoms with Crippen LogP contribution in [0.25, 0.3) is 0 Å². The molecule has 0 fully saturated rings. The summed E-state index contributed by atoms with van der Waals surface area (Å²) in [6.07, 6.45) is 0.0754. The highest BCUT2D eigenvalue weighted by atomic mass is 16.5. The number of nitrogens with one attached hydrogen (secondary N) is 1. The second-order valence-corrected chi connectivity index (χ2v) is 6.78. The number of hydrogen-bond acceptors (Lipinski definition) is 4. The van der Waals surface area contributed by atoms with Gasteiger partial charge >= 0.3 is 0 Å². The zero-order valence-corrected chi connectivity index (χ0v) is 15.6. The number of rotatable bonds is 6. The molecule has 1 atom stereocenters. The number of fused-ring (bicyclic) bond motifs is 5. The van der Waals surface area contributed by atoms with Crippen LogP contribution in [0.5, 0.6) is 0 Å². The maximum Gasteiger partial charge on any atom is 0.260 e. The largest absolute Gasteiger partial charge is 0.385 e. The number of benzene rings is 2. The number of nitrogens with zero attached hydrogens (tertiary/aromatic N) is 2. The van der Waals surface area contributed by atoms with Crippen molar-refractivity contribution < 1.29 is 19.1 Å². The summed E-state index contributed by atoms with van der Waals surface area (Å²) in [5.74, 6) is -0.680. The number of carbonyl (C=O) groups is 3. The van der Waals surface area contributed by atoms with Gasteiger partial charge in [0.05, 0.1) is 11.3 Å². The van der Waals surface area contributed by atoms with E-state index in [0.717, 1.165) is 5.56 Å². The lowest BCUT2D eigenvalue weighted by molar-refractivity contribution is -0.122. The van der Waals surface area contributed by atoms with Gasteiger partial charge in [0.15, 0.2) is 0 Å². The van der Waals surface area contributed by atoms with Crippen LogP contribution in [0.1, 0.15) is 38.9 Å². The van der Waals surface area contributed by atoms with Gasteiger partial charge in [-0.1, -0.05) is 30.3 Å². The lowest BCUT2D eigenvalue weighted by atomic mass is 10.0. The average molecular weight is 379 g/mol. The fourth-order valence-electron chi connectivity index (χ4n) is 3.79. The molecule has 0 unspecified atom stereocenters. The predicted molar refractivity (Wildman–Crippen MR) is 103 cm³/mol. The molecule has 3 amide bonds. The Labute approximate surface area is 162 Å². The molecule has 2 aromatic rings. The molecule has 0 aromatic heterocycles. The van der Waals surface area contributed by atoms with Crippen molar-refractivity contribution in [3.63, 3.8) is 0 Å². The maximum absolute atomic E-state index is 13.2. The van der Waals surface area contributed by atoms with Gasteiger partial charge in [-0.25, -0.2) is 0 Å². The zero-order chi connectivity index (χ0) is 19.7. The third kappa shape index (κ3) is 2.93. The predicted octanol–water partition coefficient (Wildman–Crippen LogP) is 1.95. The minimum atomic E-state index is -0.615. The first-order valence-electron chi connectivity index (χ1n) is 9.21. The van der Waals surface area contributed by atoms with Crippen LogP contribution < -0.4 is 10.2 Å². The van der Waals surface area contributed by atoms with Crippen LogP contribution in [0.15, 0.2) is 48.5 Å². The Balaban J connectivity index is 1.67. The molecular formula is C21H21N3O4. The number of para-hydroxylation sites is 1. The van der Waals surface area contributed by atoms with E-state index in [0.29, 0.717) is 36.4 Å². The quantitative estimate of drug-likeness (QED) is 0.778. The van der Waals surface area contributed by atoms with Crippen LogP contribution in [0.2, 0.25) is 0 Å². The molecule has 1 N–H and O–H groups in total. The van der Waals surface area contributed by atoms with Gasteiger partial charge in [-0.3, -0.25) is 19.3 Å². The molecular weight excluding hydrogens is 358 g/mol. The van der Waals surface area contributed by atoms with Crippen LogP contribution in [-0.2, 0) is 9.53 Å². The normalized spacial score (nSPS) is 17.2. The lowest BCUT2D eigenvalue weighted by Crippen LogP contribution is -2.51. The van der Waals surface area contributed by atoms with Crippen LogP contribution in [-0.4, -0.2) is 49.4 Å². The summed E-state index contributed by atoms with van der Waals surface area (Å²) in [7, 11) is 1.61. The highest BCUT2D eigenvalue weighted by Crippen LogP contribution is 2.44. The summed E-state index contributed by atoms with van der Waals surface area (Å²) in [6, 6.07) is 14.2. The van der Waals surface area contributed by atoms with E-state index in [2.05, 4.69) is 5.32 Å². The molecule has 2 aliphatic heterocycles. The summed E-state index contributed by atoms with van der Waals surface area (Å²) >= 11 is 0. The first-order chi connectivity index (χ1) is 13.6. The topological polar surface area (TPSA) is 79.0 Å². The number of anilines is 1. The molecule has 2 aromatic carbocycles. The van der Waals surface area contributed by atoms with Crippen LogP contribution in [0.4, 0.5) is 5.69 Å². The molecule has 0 saturated heterocycles. The summed E-state index contributed by atoms with van der Waals surface area (Å²) in [6.45, 7) is 0.896. The molecule has 0 saturated carbocycles. The van der Waals surface area contributed by atoms with E-state index in [1.54, 1.807) is 48.4 Å². The molecule has 4 rings (SSSR count). The van der Waals surface area contributed by atoms with Crippen molar-refractivity contribution in [1.29, 1.82) is 0 Å². The highest BCUT2D eigenvalue weighted by Gasteiger charge is 2.47. The number of amides is 3. The van der Waals surface area contributed by atoms with E-state index < -0.39 is 6.17 Å². The minimum absolute atomic E-state index is 0.122. The number of hydrogen-bond donors (Lipinski definition) is 1. The van der Waals surface area contributed by atoms with Gasteiger partial charge in [0.2, 0.25) is 5.91 Å². The molecule has 0 aliphatic carbocycles. The van der Waals surface area contributed by atoms with Crippen molar-refractivity contribution in [3.05, 3.63) is 65.2 Å². The van der Waals surface area contributed by atoms with E-state index >= 15 is 0 Å². The molecule has 28 heavy (non-hydrogen) atoms. The van der Waals surface area contributed by atoms with Crippen LogP contribution in [0.3, 0.4) is 0 Å². The molecule has 7 heteroatoms. The van der Waals surface area contributed by atoms with Crippen molar-refractivity contribution in [2.75, 3.05) is 31.7 Å². The summed E-state index contributed by atoms with van der Waals surface area (Å²) in [4.78, 5) is 41.8. The SMILES string of the molecule is COCCCNC(=O)CN1C(=O)c2ccccc2N2C(=O)c3ccccc3[C@@H]12. The fraction of sp³-hybridized carbons (Fsp3) is 0.286. The van der Waals surface area contributed by atoms with E-state index in [1.165, 1.54) is 4.90 Å². The van der Waals surface area contributed by atoms with Crippen molar-refractivity contribution in [2.24, 2.45) is 0 Å². The Kier molecular flexibility index (Phi) is 4.83. The molecule has 0 bridgehead atoms. The Bertz CT molecular complexity index is 943. The van der Waals surface area contributed by atoms with Crippen LogP contribution >= 0.6 is 0 Å². The zero-order valence-electron chi connectivity index (χ0n) is 15.6. The first-order valence-corrected chi connectivity index (χ1v) is 9.21. The fourth-order valence-corrected chi connectivity index (χ4v) is 3.79. The van der Waals surface area contributed by atoms with Gasteiger partial charge in [-0.05, 0) is 24.6 Å². The number of carbonyl (C=O) groups excluding carboxylic acids is 3. The molecule has 7 nitrogen and oxygen atoms in total. The van der Waals surface area contributed by atoms with Crippen molar-refractivity contribution >= 4 is 23.4 Å². The molecule has 0 spiro atoms. The van der Waals surface area contributed by atoms with E-state index in [4.69, 9.17) is 4.74 Å². The van der Waals surface area contributed by atoms with Crippen molar-refractivity contribution in [1.82, 2.24) is 10.2 Å². The van der Waals surface area contributed by atoms with Gasteiger partial charge in [0.1, 0.15) is 12.7 Å². The Morgan fingerprint density at radius 3 is 2.54 bits per heavy atom. The third-order valence-corrected chi connectivity index (χ3v) is 5.04. The Morgan fingerprint density at radius 1 is 1.04 bits per heavy atom. The van der Waals surface area contributed by atoms with Crippen molar-refractivity contribution in [2.45, 2.75) is 12.6 Å². The van der Waals surface area contributed by atoms with E-state index in [1.807, 2.05) is 12.1 Å². The summed E-state index contributed by atoms with van der Waals surface area (Å²) in [5.41, 5.74) is 2.30. The standard InChI is InChI=1S/C21H21N3O4/c1-28-12-6-11-22-18(25)13-23-19-14-7-2-3-8-15(14)21(27)24(19)17-10-5-4-9-16(17)20(23)26/h2-5,7-10,19H,6,11-13H2,1H3,(H,22,25)/t19-/m0/s1. The van der Waals surface area contributed by atoms with E-state index in [-0.39, 0.29) is 24.3 Å². The molecule has 2 heterocycles. The monoisotopic (exact) mass is 379 g/mol. The smallest absolute Gasteiger partial charge is 0.260 e. The molecule has 0 radical (unpaired) electrons. The Morgan fingerprint density at radius 2 is 1.75 bits per heavy atom. The average Bonchev–Trinajstić information content (AvgIpc) is 3.01. The lowest BCUT2D eigenvalue weighted by Gasteiger charge is -2.40. The van der Waals surface area contributed by atoms with Gasteiger partial charge in [-0.2, -0.15) is 0 Å². The summed E-state index contributed by atoms with van der Waals surface area (Å²) < 4.78 is 4.98. The maximum atomic E-state index is 13.2. The summed E-state index contributed by atoms with van der Waals surface area (Å²) in [5, 5.41) is 2.81. The second kappa shape index (κ2) is 7.44. The van der Waals surface area contributed by atoms with Crippen molar-refractivity contribution in [3.8, 4) is 0 Å². The van der Waals surface area contributed by atoms with Gasteiger partial charge < -0.3 is 15.0 Å². The van der Waals surface area contributed by atoms with Gasteiger partial charge in [-0.15, -0.1) is 0 Å². The molecule has 2 aliphatic rings. The highest BCUT2D eigenvalue weighted by molar-refractivity contribution is 6.17. The minimum Gasteiger partial charge on any atom is -0.385 e. The second-order valence-electron chi connectivity index (χ2n) is 6.78.